The number of hydrogen-bond donors (Lipinski definition) is 2. The summed E-state index contributed by atoms with van der Waals surface area (Å²) >= 11 is 0. The van der Waals surface area contributed by atoms with E-state index in [4.69, 9.17) is 4.84 Å². The number of likely N-dealkylation sites (tertiary alicyclic amines) is 1. The average molecular weight is 444 g/mol. The Kier molecular flexibility index (Phi) is 8.52. The fourth-order valence-corrected chi connectivity index (χ4v) is 3.78. The van der Waals surface area contributed by atoms with E-state index in [0.29, 0.717) is 31.2 Å². The molecule has 0 radical (unpaired) electrons. The molecule has 1 aromatic heterocycles. The van der Waals surface area contributed by atoms with Crippen LogP contribution in [0.5, 0.6) is 0 Å². The lowest BCUT2D eigenvalue weighted by Gasteiger charge is -2.33. The summed E-state index contributed by atoms with van der Waals surface area (Å²) in [7, 11) is 1.58. The third-order valence-electron chi connectivity index (χ3n) is 5.43. The number of carbonyl (C=O) groups is 2. The molecular weight excluding hydrogens is 413 g/mol. The van der Waals surface area contributed by atoms with Gasteiger partial charge < -0.3 is 10.6 Å². The minimum Gasteiger partial charge on any atom is -0.306 e. The number of pyridine rings is 1. The standard InChI is InChI=1S/C23H30FN5O3/c1-17-5-7-20(13-25-17)26-23(31)27-22-12-19(6-8-21(22)24)15-29-10-3-4-18(14-29)9-11-32-28(2)16-30/h5-8,12-13,16,18H,3-4,9-11,14-15H2,1-2H3,(H2,26,27,31)/t18-/m1/s1. The van der Waals surface area contributed by atoms with Gasteiger partial charge in [0, 0.05) is 25.8 Å². The van der Waals surface area contributed by atoms with E-state index in [0.717, 1.165) is 43.6 Å². The molecule has 172 valence electrons. The van der Waals surface area contributed by atoms with Crippen LogP contribution in [-0.4, -0.2) is 54.1 Å². The molecule has 1 aromatic carbocycles. The summed E-state index contributed by atoms with van der Waals surface area (Å²) in [4.78, 5) is 34.6. The monoisotopic (exact) mass is 443 g/mol. The first-order valence-corrected chi connectivity index (χ1v) is 10.8. The maximum Gasteiger partial charge on any atom is 0.323 e. The van der Waals surface area contributed by atoms with Crippen molar-refractivity contribution < 1.29 is 18.8 Å². The largest absolute Gasteiger partial charge is 0.323 e. The number of carbonyl (C=O) groups excluding carboxylic acids is 2. The van der Waals surface area contributed by atoms with Crippen molar-refractivity contribution in [2.24, 2.45) is 5.92 Å². The van der Waals surface area contributed by atoms with Gasteiger partial charge in [-0.25, -0.2) is 14.2 Å². The summed E-state index contributed by atoms with van der Waals surface area (Å²) in [5.74, 6) is -0.00496. The van der Waals surface area contributed by atoms with Crippen molar-refractivity contribution in [2.45, 2.75) is 32.7 Å². The Balaban J connectivity index is 1.53. The van der Waals surface area contributed by atoms with Crippen molar-refractivity contribution in [3.8, 4) is 0 Å². The fourth-order valence-electron chi connectivity index (χ4n) is 3.78. The highest BCUT2D eigenvalue weighted by molar-refractivity contribution is 5.99. The molecule has 0 spiro atoms. The van der Waals surface area contributed by atoms with E-state index in [1.165, 1.54) is 11.1 Å². The molecule has 8 nitrogen and oxygen atoms in total. The number of piperidine rings is 1. The maximum atomic E-state index is 14.3. The third-order valence-corrected chi connectivity index (χ3v) is 5.43. The Bertz CT molecular complexity index is 909. The predicted octanol–water partition coefficient (Wildman–Crippen LogP) is 3.80. The van der Waals surface area contributed by atoms with E-state index in [1.54, 1.807) is 37.5 Å². The summed E-state index contributed by atoms with van der Waals surface area (Å²) in [6.07, 6.45) is 5.27. The lowest BCUT2D eigenvalue weighted by molar-refractivity contribution is -0.165. The number of aromatic nitrogens is 1. The van der Waals surface area contributed by atoms with Gasteiger partial charge in [-0.1, -0.05) is 6.07 Å². The van der Waals surface area contributed by atoms with Crippen LogP contribution in [0.4, 0.5) is 20.6 Å². The minimum atomic E-state index is -0.523. The molecule has 3 amide bonds. The molecule has 0 saturated carbocycles. The zero-order valence-corrected chi connectivity index (χ0v) is 18.5. The molecule has 0 aliphatic carbocycles. The van der Waals surface area contributed by atoms with Gasteiger partial charge in [0.15, 0.2) is 0 Å². The first-order valence-electron chi connectivity index (χ1n) is 10.8. The molecule has 0 unspecified atom stereocenters. The minimum absolute atomic E-state index is 0.138. The highest BCUT2D eigenvalue weighted by atomic mass is 19.1. The van der Waals surface area contributed by atoms with Crippen molar-refractivity contribution in [2.75, 3.05) is 37.4 Å². The Labute approximate surface area is 187 Å². The highest BCUT2D eigenvalue weighted by Gasteiger charge is 2.20. The fraction of sp³-hybridized carbons (Fsp3) is 0.435. The van der Waals surface area contributed by atoms with E-state index in [1.807, 2.05) is 6.92 Å². The molecule has 32 heavy (non-hydrogen) atoms. The number of hydroxylamine groups is 2. The number of amides is 3. The first-order chi connectivity index (χ1) is 15.4. The predicted molar refractivity (Wildman–Crippen MR) is 120 cm³/mol. The third kappa shape index (κ3) is 7.28. The van der Waals surface area contributed by atoms with Gasteiger partial charge in [0.1, 0.15) is 5.82 Å². The van der Waals surface area contributed by atoms with Gasteiger partial charge in [-0.15, -0.1) is 0 Å². The molecule has 2 heterocycles. The lowest BCUT2D eigenvalue weighted by atomic mass is 9.95. The molecule has 2 N–H and O–H groups in total. The van der Waals surface area contributed by atoms with Crippen molar-refractivity contribution in [3.63, 3.8) is 0 Å². The zero-order chi connectivity index (χ0) is 22.9. The van der Waals surface area contributed by atoms with Crippen LogP contribution in [0, 0.1) is 18.7 Å². The molecule has 1 aliphatic rings. The number of nitrogens with one attached hydrogen (secondary N) is 2. The number of nitrogens with zero attached hydrogens (tertiary/aromatic N) is 3. The Morgan fingerprint density at radius 1 is 1.34 bits per heavy atom. The lowest BCUT2D eigenvalue weighted by Crippen LogP contribution is -2.35. The van der Waals surface area contributed by atoms with Crippen molar-refractivity contribution >= 4 is 23.8 Å². The van der Waals surface area contributed by atoms with Gasteiger partial charge in [-0.05, 0) is 68.5 Å². The van der Waals surface area contributed by atoms with Crippen LogP contribution >= 0.6 is 0 Å². The second kappa shape index (κ2) is 11.5. The Hall–Kier alpha value is -3.04. The molecule has 1 aliphatic heterocycles. The van der Waals surface area contributed by atoms with Crippen molar-refractivity contribution in [1.29, 1.82) is 0 Å². The second-order valence-electron chi connectivity index (χ2n) is 8.10. The second-order valence-corrected chi connectivity index (χ2v) is 8.10. The molecule has 1 fully saturated rings. The molecule has 0 bridgehead atoms. The number of hydrogen-bond acceptors (Lipinski definition) is 5. The first kappa shape index (κ1) is 23.6. The van der Waals surface area contributed by atoms with Gasteiger partial charge in [-0.3, -0.25) is 19.5 Å². The van der Waals surface area contributed by atoms with E-state index in [2.05, 4.69) is 20.5 Å². The number of urea groups is 1. The van der Waals surface area contributed by atoms with Crippen LogP contribution in [0.1, 0.15) is 30.5 Å². The molecule has 2 aromatic rings. The zero-order valence-electron chi connectivity index (χ0n) is 18.5. The number of anilines is 2. The SMILES string of the molecule is Cc1ccc(NC(=O)Nc2cc(CN3CCC[C@H](CCON(C)C=O)C3)ccc2F)cn1. The maximum absolute atomic E-state index is 14.3. The van der Waals surface area contributed by atoms with Gasteiger partial charge >= 0.3 is 6.03 Å². The normalized spacial score (nSPS) is 16.4. The smallest absolute Gasteiger partial charge is 0.306 e. The van der Waals surface area contributed by atoms with Gasteiger partial charge in [-0.2, -0.15) is 0 Å². The molecule has 1 atom stereocenters. The molecule has 1 saturated heterocycles. The van der Waals surface area contributed by atoms with Gasteiger partial charge in [0.2, 0.25) is 6.41 Å². The van der Waals surface area contributed by atoms with Gasteiger partial charge in [0.05, 0.1) is 24.2 Å². The van der Waals surface area contributed by atoms with Crippen LogP contribution in [0.3, 0.4) is 0 Å². The summed E-state index contributed by atoms with van der Waals surface area (Å²) < 4.78 is 14.3. The molecule has 9 heteroatoms. The van der Waals surface area contributed by atoms with Crippen molar-refractivity contribution in [3.05, 3.63) is 53.6 Å². The van der Waals surface area contributed by atoms with Crippen LogP contribution in [0.2, 0.25) is 0 Å². The summed E-state index contributed by atoms with van der Waals surface area (Å²) in [5, 5.41) is 6.42. The summed E-state index contributed by atoms with van der Waals surface area (Å²) in [6.45, 7) is 4.91. The topological polar surface area (TPSA) is 86.8 Å². The van der Waals surface area contributed by atoms with Crippen molar-refractivity contribution in [1.82, 2.24) is 14.9 Å². The van der Waals surface area contributed by atoms with E-state index in [9.17, 15) is 14.0 Å². The summed E-state index contributed by atoms with van der Waals surface area (Å²) in [6, 6.07) is 7.80. The van der Waals surface area contributed by atoms with Crippen LogP contribution in [0.15, 0.2) is 36.5 Å². The number of rotatable bonds is 9. The van der Waals surface area contributed by atoms with Crippen LogP contribution in [-0.2, 0) is 16.2 Å². The van der Waals surface area contributed by atoms with Crippen LogP contribution in [0.25, 0.3) is 0 Å². The van der Waals surface area contributed by atoms with Gasteiger partial charge in [0.25, 0.3) is 0 Å². The van der Waals surface area contributed by atoms with E-state index >= 15 is 0 Å². The van der Waals surface area contributed by atoms with E-state index < -0.39 is 11.8 Å². The number of benzene rings is 1. The Morgan fingerprint density at radius 2 is 2.19 bits per heavy atom. The number of halogens is 1. The quantitative estimate of drug-likeness (QED) is 0.455. The molecule has 3 rings (SSSR count). The number of aryl methyl sites for hydroxylation is 1. The summed E-state index contributed by atoms with van der Waals surface area (Å²) in [5.41, 5.74) is 2.44. The van der Waals surface area contributed by atoms with Crippen LogP contribution < -0.4 is 10.6 Å². The highest BCUT2D eigenvalue weighted by Crippen LogP contribution is 2.23. The Morgan fingerprint density at radius 3 is 2.94 bits per heavy atom. The molecular formula is C23H30FN5O3. The van der Waals surface area contributed by atoms with E-state index in [-0.39, 0.29) is 5.69 Å². The average Bonchev–Trinajstić information content (AvgIpc) is 2.78.